The van der Waals surface area contributed by atoms with Gasteiger partial charge in [0.1, 0.15) is 0 Å². The van der Waals surface area contributed by atoms with Crippen LogP contribution in [0, 0.1) is 0 Å². The van der Waals surface area contributed by atoms with Crippen LogP contribution in [0.1, 0.15) is 37.8 Å². The Balaban J connectivity index is 0.00000392. The second-order valence-corrected chi connectivity index (χ2v) is 6.98. The Hall–Kier alpha value is -0.900. The normalized spacial score (nSPS) is 16.9. The first-order valence-electron chi connectivity index (χ1n) is 10.2. The molecular formula is C21H37IN4O2. The summed E-state index contributed by atoms with van der Waals surface area (Å²) in [5.74, 6) is 0.859. The predicted octanol–water partition coefficient (Wildman–Crippen LogP) is 3.01. The SMILES string of the molecule is CCNC(=NCc1cccc(CN(C)CC)c1)NCCCOC1CCOC1.I. The van der Waals surface area contributed by atoms with E-state index >= 15 is 0 Å². The van der Waals surface area contributed by atoms with Crippen molar-refractivity contribution in [1.82, 2.24) is 15.5 Å². The third kappa shape index (κ3) is 10.0. The van der Waals surface area contributed by atoms with E-state index in [9.17, 15) is 0 Å². The number of guanidine groups is 1. The Morgan fingerprint density at radius 1 is 1.29 bits per heavy atom. The van der Waals surface area contributed by atoms with E-state index in [1.54, 1.807) is 0 Å². The molecular weight excluding hydrogens is 467 g/mol. The van der Waals surface area contributed by atoms with E-state index < -0.39 is 0 Å². The van der Waals surface area contributed by atoms with Gasteiger partial charge in [-0.2, -0.15) is 0 Å². The minimum absolute atomic E-state index is 0. The van der Waals surface area contributed by atoms with E-state index in [4.69, 9.17) is 14.5 Å². The van der Waals surface area contributed by atoms with Gasteiger partial charge in [0.15, 0.2) is 5.96 Å². The van der Waals surface area contributed by atoms with Crippen LogP contribution >= 0.6 is 24.0 Å². The fraction of sp³-hybridized carbons (Fsp3) is 0.667. The molecule has 0 aromatic heterocycles. The van der Waals surface area contributed by atoms with Crippen molar-refractivity contribution in [1.29, 1.82) is 0 Å². The predicted molar refractivity (Wildman–Crippen MR) is 126 cm³/mol. The molecule has 0 bridgehead atoms. The number of hydrogen-bond acceptors (Lipinski definition) is 4. The molecule has 1 aliphatic heterocycles. The summed E-state index contributed by atoms with van der Waals surface area (Å²) in [4.78, 5) is 7.02. The molecule has 0 saturated carbocycles. The Labute approximate surface area is 187 Å². The highest BCUT2D eigenvalue weighted by atomic mass is 127. The number of benzene rings is 1. The summed E-state index contributed by atoms with van der Waals surface area (Å²) < 4.78 is 11.1. The van der Waals surface area contributed by atoms with Crippen molar-refractivity contribution in [3.8, 4) is 0 Å². The largest absolute Gasteiger partial charge is 0.379 e. The van der Waals surface area contributed by atoms with E-state index in [1.807, 2.05) is 0 Å². The first kappa shape index (κ1) is 25.1. The second kappa shape index (κ2) is 15.0. The van der Waals surface area contributed by atoms with E-state index in [2.05, 4.69) is 60.7 Å². The highest BCUT2D eigenvalue weighted by Gasteiger charge is 2.15. The van der Waals surface area contributed by atoms with Gasteiger partial charge in [0.2, 0.25) is 0 Å². The molecule has 1 unspecified atom stereocenters. The second-order valence-electron chi connectivity index (χ2n) is 6.98. The zero-order valence-electron chi connectivity index (χ0n) is 17.6. The van der Waals surface area contributed by atoms with E-state index in [0.717, 1.165) is 64.8 Å². The summed E-state index contributed by atoms with van der Waals surface area (Å²) >= 11 is 0. The van der Waals surface area contributed by atoms with E-state index in [-0.39, 0.29) is 30.1 Å². The van der Waals surface area contributed by atoms with Gasteiger partial charge in [-0.15, -0.1) is 24.0 Å². The summed E-state index contributed by atoms with van der Waals surface area (Å²) in [6.45, 7) is 11.0. The average Bonchev–Trinajstić information content (AvgIpc) is 3.19. The van der Waals surface area contributed by atoms with Crippen molar-refractivity contribution in [2.24, 2.45) is 4.99 Å². The smallest absolute Gasteiger partial charge is 0.191 e. The summed E-state index contributed by atoms with van der Waals surface area (Å²) in [7, 11) is 2.14. The fourth-order valence-corrected chi connectivity index (χ4v) is 2.94. The van der Waals surface area contributed by atoms with Crippen LogP contribution in [0.5, 0.6) is 0 Å². The van der Waals surface area contributed by atoms with Crippen LogP contribution in [0.25, 0.3) is 0 Å². The first-order valence-corrected chi connectivity index (χ1v) is 10.2. The van der Waals surface area contributed by atoms with Gasteiger partial charge < -0.3 is 25.0 Å². The molecule has 1 aliphatic rings. The van der Waals surface area contributed by atoms with Gasteiger partial charge in [-0.25, -0.2) is 4.99 Å². The summed E-state index contributed by atoms with van der Waals surface area (Å²) in [6, 6.07) is 8.68. The molecule has 28 heavy (non-hydrogen) atoms. The lowest BCUT2D eigenvalue weighted by atomic mass is 10.1. The average molecular weight is 504 g/mol. The summed E-state index contributed by atoms with van der Waals surface area (Å²) in [5.41, 5.74) is 2.57. The summed E-state index contributed by atoms with van der Waals surface area (Å²) in [5, 5.41) is 6.70. The van der Waals surface area contributed by atoms with Crippen molar-refractivity contribution in [3.63, 3.8) is 0 Å². The number of halogens is 1. The van der Waals surface area contributed by atoms with Crippen LogP contribution in [-0.2, 0) is 22.6 Å². The lowest BCUT2D eigenvalue weighted by Gasteiger charge is -2.15. The van der Waals surface area contributed by atoms with Gasteiger partial charge in [-0.3, -0.25) is 0 Å². The summed E-state index contributed by atoms with van der Waals surface area (Å²) in [6.07, 6.45) is 2.26. The number of ether oxygens (including phenoxy) is 2. The Morgan fingerprint density at radius 3 is 2.82 bits per heavy atom. The fourth-order valence-electron chi connectivity index (χ4n) is 2.94. The molecule has 2 rings (SSSR count). The molecule has 160 valence electrons. The molecule has 0 amide bonds. The lowest BCUT2D eigenvalue weighted by molar-refractivity contribution is 0.0420. The Kier molecular flexibility index (Phi) is 13.5. The quantitative estimate of drug-likeness (QED) is 0.210. The number of nitrogens with zero attached hydrogens (tertiary/aromatic N) is 2. The van der Waals surface area contributed by atoms with Gasteiger partial charge in [0, 0.05) is 32.8 Å². The van der Waals surface area contributed by atoms with Crippen LogP contribution in [0.2, 0.25) is 0 Å². The van der Waals surface area contributed by atoms with Gasteiger partial charge in [0.05, 0.1) is 19.3 Å². The standard InChI is InChI=1S/C21H36N4O2.HI/c1-4-22-21(23-11-7-12-27-20-10-13-26-17-20)24-15-18-8-6-9-19(14-18)16-25(3)5-2;/h6,8-9,14,20H,4-5,7,10-13,15-17H2,1-3H3,(H2,22,23,24);1H. The van der Waals surface area contributed by atoms with Crippen LogP contribution in [0.4, 0.5) is 0 Å². The first-order chi connectivity index (χ1) is 13.2. The maximum Gasteiger partial charge on any atom is 0.191 e. The zero-order chi connectivity index (χ0) is 19.3. The molecule has 1 aromatic carbocycles. The lowest BCUT2D eigenvalue weighted by Crippen LogP contribution is -2.38. The van der Waals surface area contributed by atoms with Crippen molar-refractivity contribution in [2.75, 3.05) is 46.5 Å². The number of nitrogens with one attached hydrogen (secondary N) is 2. The van der Waals surface area contributed by atoms with Crippen molar-refractivity contribution < 1.29 is 9.47 Å². The topological polar surface area (TPSA) is 58.1 Å². The van der Waals surface area contributed by atoms with Gasteiger partial charge >= 0.3 is 0 Å². The number of rotatable bonds is 11. The molecule has 0 radical (unpaired) electrons. The molecule has 1 atom stereocenters. The highest BCUT2D eigenvalue weighted by molar-refractivity contribution is 14.0. The maximum atomic E-state index is 5.80. The Morgan fingerprint density at radius 2 is 2.11 bits per heavy atom. The number of hydrogen-bond donors (Lipinski definition) is 2. The van der Waals surface area contributed by atoms with Crippen molar-refractivity contribution in [2.45, 2.75) is 45.9 Å². The molecule has 6 nitrogen and oxygen atoms in total. The van der Waals surface area contributed by atoms with Gasteiger partial charge in [-0.1, -0.05) is 31.2 Å². The molecule has 1 heterocycles. The van der Waals surface area contributed by atoms with Crippen LogP contribution in [0.15, 0.2) is 29.3 Å². The van der Waals surface area contributed by atoms with E-state index in [0.29, 0.717) is 6.54 Å². The van der Waals surface area contributed by atoms with Crippen molar-refractivity contribution in [3.05, 3.63) is 35.4 Å². The molecule has 1 aromatic rings. The molecule has 1 saturated heterocycles. The minimum atomic E-state index is 0. The minimum Gasteiger partial charge on any atom is -0.379 e. The third-order valence-electron chi connectivity index (χ3n) is 4.60. The molecule has 2 N–H and O–H groups in total. The molecule has 1 fully saturated rings. The van der Waals surface area contributed by atoms with Gasteiger partial charge in [0.25, 0.3) is 0 Å². The third-order valence-corrected chi connectivity index (χ3v) is 4.60. The number of aliphatic imine (C=N–C) groups is 1. The Bertz CT molecular complexity index is 565. The molecule has 0 aliphatic carbocycles. The van der Waals surface area contributed by atoms with Crippen LogP contribution in [0.3, 0.4) is 0 Å². The zero-order valence-corrected chi connectivity index (χ0v) is 19.9. The van der Waals surface area contributed by atoms with Crippen LogP contribution in [-0.4, -0.2) is 63.5 Å². The highest BCUT2D eigenvalue weighted by Crippen LogP contribution is 2.09. The molecule has 0 spiro atoms. The molecule has 7 heteroatoms. The van der Waals surface area contributed by atoms with Crippen molar-refractivity contribution >= 4 is 29.9 Å². The monoisotopic (exact) mass is 504 g/mol. The van der Waals surface area contributed by atoms with Gasteiger partial charge in [-0.05, 0) is 44.5 Å². The van der Waals surface area contributed by atoms with E-state index in [1.165, 1.54) is 11.1 Å². The maximum absolute atomic E-state index is 5.80. The van der Waals surface area contributed by atoms with Crippen LogP contribution < -0.4 is 10.6 Å².